The Kier molecular flexibility index (Phi) is 15.2. The Morgan fingerprint density at radius 1 is 0.724 bits per heavy atom. The summed E-state index contributed by atoms with van der Waals surface area (Å²) in [7, 11) is 0. The van der Waals surface area contributed by atoms with E-state index in [4.69, 9.17) is 21.1 Å². The molecule has 1 rings (SSSR count). The van der Waals surface area contributed by atoms with E-state index in [-0.39, 0.29) is 24.8 Å². The lowest BCUT2D eigenvalue weighted by molar-refractivity contribution is -0.150. The summed E-state index contributed by atoms with van der Waals surface area (Å²) >= 11 is 5.83. The minimum atomic E-state index is -0.366. The third-order valence-corrected chi connectivity index (χ3v) is 5.11. The summed E-state index contributed by atoms with van der Waals surface area (Å²) in [6, 6.07) is 7.43. The van der Waals surface area contributed by atoms with Crippen molar-refractivity contribution in [3.05, 3.63) is 34.9 Å². The highest BCUT2D eigenvalue weighted by molar-refractivity contribution is 6.30. The maximum Gasteiger partial charge on any atom is 0.306 e. The summed E-state index contributed by atoms with van der Waals surface area (Å²) in [6.45, 7) is 2.98. The fourth-order valence-corrected chi connectivity index (χ4v) is 3.18. The van der Waals surface area contributed by atoms with Crippen LogP contribution in [-0.2, 0) is 25.5 Å². The Morgan fingerprint density at radius 2 is 1.21 bits per heavy atom. The van der Waals surface area contributed by atoms with Crippen LogP contribution in [0.2, 0.25) is 5.02 Å². The van der Waals surface area contributed by atoms with Gasteiger partial charge in [-0.1, -0.05) is 88.4 Å². The summed E-state index contributed by atoms with van der Waals surface area (Å²) < 4.78 is 10.3. The maximum atomic E-state index is 11.7. The molecule has 1 aromatic carbocycles. The molecule has 0 atom stereocenters. The van der Waals surface area contributed by atoms with E-state index in [0.29, 0.717) is 24.7 Å². The smallest absolute Gasteiger partial charge is 0.306 e. The van der Waals surface area contributed by atoms with E-state index in [1.54, 1.807) is 0 Å². The summed E-state index contributed by atoms with van der Waals surface area (Å²) in [5.41, 5.74) is 1.05. The second kappa shape index (κ2) is 17.3. The molecule has 0 aliphatic carbocycles. The highest BCUT2D eigenvalue weighted by Gasteiger charge is 2.09. The van der Waals surface area contributed by atoms with Gasteiger partial charge in [-0.2, -0.15) is 0 Å². The highest BCUT2D eigenvalue weighted by atomic mass is 35.5. The third kappa shape index (κ3) is 15.0. The fourth-order valence-electron chi connectivity index (χ4n) is 3.06. The Morgan fingerprint density at radius 3 is 1.76 bits per heavy atom. The van der Waals surface area contributed by atoms with Crippen molar-refractivity contribution in [3.63, 3.8) is 0 Å². The second-order valence-corrected chi connectivity index (χ2v) is 7.94. The van der Waals surface area contributed by atoms with Crippen LogP contribution in [0.3, 0.4) is 0 Å². The van der Waals surface area contributed by atoms with E-state index in [1.807, 2.05) is 24.3 Å². The molecule has 0 saturated heterocycles. The lowest BCUT2D eigenvalue weighted by atomic mass is 10.1. The molecule has 0 fully saturated rings. The van der Waals surface area contributed by atoms with Crippen molar-refractivity contribution in [1.29, 1.82) is 0 Å². The van der Waals surface area contributed by atoms with E-state index < -0.39 is 0 Å². The van der Waals surface area contributed by atoms with Gasteiger partial charge in [-0.15, -0.1) is 0 Å². The zero-order valence-corrected chi connectivity index (χ0v) is 18.7. The summed E-state index contributed by atoms with van der Waals surface area (Å²) in [5.74, 6) is -0.689. The van der Waals surface area contributed by atoms with Crippen LogP contribution in [0.15, 0.2) is 24.3 Å². The van der Waals surface area contributed by atoms with Crippen molar-refractivity contribution < 1.29 is 19.1 Å². The quantitative estimate of drug-likeness (QED) is 0.207. The van der Waals surface area contributed by atoms with Crippen LogP contribution >= 0.6 is 11.6 Å². The molecule has 0 saturated carbocycles. The topological polar surface area (TPSA) is 52.6 Å². The molecule has 1 aromatic rings. The van der Waals surface area contributed by atoms with Gasteiger partial charge < -0.3 is 9.47 Å². The van der Waals surface area contributed by atoms with Gasteiger partial charge in [-0.3, -0.25) is 9.59 Å². The van der Waals surface area contributed by atoms with Crippen LogP contribution in [0.5, 0.6) is 0 Å². The van der Waals surface area contributed by atoms with E-state index in [2.05, 4.69) is 6.92 Å². The molecule has 0 bridgehead atoms. The second-order valence-electron chi connectivity index (χ2n) is 7.50. The zero-order valence-electron chi connectivity index (χ0n) is 17.9. The van der Waals surface area contributed by atoms with Crippen LogP contribution in [-0.4, -0.2) is 25.2 Å². The van der Waals surface area contributed by atoms with Gasteiger partial charge in [-0.05, 0) is 24.1 Å². The van der Waals surface area contributed by atoms with Crippen molar-refractivity contribution in [3.8, 4) is 0 Å². The number of benzene rings is 1. The van der Waals surface area contributed by atoms with Gasteiger partial charge in [0.1, 0.15) is 0 Å². The summed E-state index contributed by atoms with van der Waals surface area (Å²) in [6.07, 6.45) is 13.2. The van der Waals surface area contributed by atoms with E-state index in [1.165, 1.54) is 51.4 Å². The highest BCUT2D eigenvalue weighted by Crippen LogP contribution is 2.11. The molecule has 0 aliphatic heterocycles. The predicted molar refractivity (Wildman–Crippen MR) is 118 cm³/mol. The Bertz CT molecular complexity index is 557. The van der Waals surface area contributed by atoms with Gasteiger partial charge in [0, 0.05) is 11.4 Å². The lowest BCUT2D eigenvalue weighted by Crippen LogP contribution is -2.12. The molecule has 0 amide bonds. The van der Waals surface area contributed by atoms with Gasteiger partial charge in [-0.25, -0.2) is 0 Å². The first-order valence-electron chi connectivity index (χ1n) is 11.2. The molecule has 0 unspecified atom stereocenters. The molecule has 4 nitrogen and oxygen atoms in total. The Balaban J connectivity index is 1.90. The van der Waals surface area contributed by atoms with Crippen LogP contribution in [0, 0.1) is 0 Å². The zero-order chi connectivity index (χ0) is 21.2. The number of hydrogen-bond acceptors (Lipinski definition) is 4. The molecule has 0 aromatic heterocycles. The number of rotatable bonds is 17. The predicted octanol–water partition coefficient (Wildman–Crippen LogP) is 6.67. The minimum Gasteiger partial charge on any atom is -0.466 e. The van der Waals surface area contributed by atoms with Crippen LogP contribution < -0.4 is 0 Å². The van der Waals surface area contributed by atoms with Crippen molar-refractivity contribution in [1.82, 2.24) is 0 Å². The third-order valence-electron chi connectivity index (χ3n) is 4.86. The van der Waals surface area contributed by atoms with Gasteiger partial charge in [0.2, 0.25) is 0 Å². The number of carbonyl (C=O) groups is 2. The number of ether oxygens (including phenoxy) is 2. The molecule has 29 heavy (non-hydrogen) atoms. The van der Waals surface area contributed by atoms with E-state index in [9.17, 15) is 9.59 Å². The van der Waals surface area contributed by atoms with Crippen LogP contribution in [0.25, 0.3) is 0 Å². The number of esters is 2. The largest absolute Gasteiger partial charge is 0.466 e. The number of halogens is 1. The molecule has 5 heteroatoms. The van der Waals surface area contributed by atoms with Gasteiger partial charge >= 0.3 is 11.9 Å². The average molecular weight is 425 g/mol. The first kappa shape index (κ1) is 25.5. The normalized spacial score (nSPS) is 10.7. The van der Waals surface area contributed by atoms with E-state index >= 15 is 0 Å². The minimum absolute atomic E-state index is 0.0669. The first-order valence-corrected chi connectivity index (χ1v) is 11.5. The monoisotopic (exact) mass is 424 g/mol. The van der Waals surface area contributed by atoms with Crippen molar-refractivity contribution in [2.24, 2.45) is 0 Å². The maximum absolute atomic E-state index is 11.7. The number of unbranched alkanes of at least 4 members (excludes halogenated alkanes) is 9. The molecule has 0 spiro atoms. The molecular formula is C24H37ClO4. The summed E-state index contributed by atoms with van der Waals surface area (Å²) in [4.78, 5) is 23.4. The Hall–Kier alpha value is -1.55. The van der Waals surface area contributed by atoms with Crippen molar-refractivity contribution in [2.45, 2.75) is 90.4 Å². The molecular weight excluding hydrogens is 388 g/mol. The van der Waals surface area contributed by atoms with E-state index in [0.717, 1.165) is 18.4 Å². The van der Waals surface area contributed by atoms with Crippen LogP contribution in [0.4, 0.5) is 0 Å². The molecule has 0 heterocycles. The molecule has 164 valence electrons. The lowest BCUT2D eigenvalue weighted by Gasteiger charge is -2.06. The van der Waals surface area contributed by atoms with Crippen molar-refractivity contribution >= 4 is 23.5 Å². The Labute approximate surface area is 181 Å². The average Bonchev–Trinajstić information content (AvgIpc) is 2.72. The number of hydrogen-bond donors (Lipinski definition) is 0. The van der Waals surface area contributed by atoms with Crippen molar-refractivity contribution in [2.75, 3.05) is 13.2 Å². The fraction of sp³-hybridized carbons (Fsp3) is 0.667. The summed E-state index contributed by atoms with van der Waals surface area (Å²) in [5, 5.41) is 0.682. The van der Waals surface area contributed by atoms with Gasteiger partial charge in [0.05, 0.1) is 26.1 Å². The molecule has 0 N–H and O–H groups in total. The molecule has 0 radical (unpaired) electrons. The van der Waals surface area contributed by atoms with Crippen LogP contribution in [0.1, 0.15) is 89.5 Å². The number of carbonyl (C=O) groups excluding carboxylic acids is 2. The van der Waals surface area contributed by atoms with Gasteiger partial charge in [0.25, 0.3) is 0 Å². The first-order chi connectivity index (χ1) is 14.1. The molecule has 0 aliphatic rings. The van der Waals surface area contributed by atoms with Gasteiger partial charge in [0.15, 0.2) is 0 Å². The standard InChI is InChI=1S/C24H37ClO4/c1-2-3-4-5-6-7-8-9-10-11-19-28-23(26)16-17-24(27)29-20-18-21-12-14-22(25)15-13-21/h12-15H,2-11,16-20H2,1H3. The SMILES string of the molecule is CCCCCCCCCCCCOC(=O)CCC(=O)OCCc1ccc(Cl)cc1.